The minimum absolute atomic E-state index is 0.103. The SMILES string of the molecule is COC(=O)CSc1ccc(NC(=O)/C(=C/c2cccc(Br)c2)NC(=O)c2ccccc2)cc1. The zero-order chi connectivity index (χ0) is 23.6. The van der Waals surface area contributed by atoms with Crippen LogP contribution in [-0.2, 0) is 14.3 Å². The van der Waals surface area contributed by atoms with E-state index in [1.807, 2.05) is 30.3 Å². The normalized spacial score (nSPS) is 10.9. The van der Waals surface area contributed by atoms with Gasteiger partial charge in [0.25, 0.3) is 11.8 Å². The second kappa shape index (κ2) is 12.0. The van der Waals surface area contributed by atoms with Gasteiger partial charge in [0.15, 0.2) is 0 Å². The largest absolute Gasteiger partial charge is 0.468 e. The first-order valence-corrected chi connectivity index (χ1v) is 11.7. The van der Waals surface area contributed by atoms with E-state index >= 15 is 0 Å². The van der Waals surface area contributed by atoms with Crippen LogP contribution >= 0.6 is 27.7 Å². The van der Waals surface area contributed by atoms with Crippen molar-refractivity contribution in [3.8, 4) is 0 Å². The molecule has 2 N–H and O–H groups in total. The van der Waals surface area contributed by atoms with E-state index in [1.165, 1.54) is 18.9 Å². The Morgan fingerprint density at radius 2 is 1.70 bits per heavy atom. The average molecular weight is 525 g/mol. The Morgan fingerprint density at radius 1 is 0.970 bits per heavy atom. The Labute approximate surface area is 204 Å². The Balaban J connectivity index is 1.77. The van der Waals surface area contributed by atoms with Crippen molar-refractivity contribution < 1.29 is 19.1 Å². The second-order valence-electron chi connectivity index (χ2n) is 6.78. The molecule has 33 heavy (non-hydrogen) atoms. The van der Waals surface area contributed by atoms with Crippen LogP contribution in [0.25, 0.3) is 6.08 Å². The van der Waals surface area contributed by atoms with Crippen molar-refractivity contribution in [3.05, 3.63) is 100 Å². The molecule has 3 aromatic rings. The van der Waals surface area contributed by atoms with E-state index < -0.39 is 5.91 Å². The van der Waals surface area contributed by atoms with Crippen molar-refractivity contribution in [1.29, 1.82) is 0 Å². The van der Waals surface area contributed by atoms with Crippen LogP contribution in [0.3, 0.4) is 0 Å². The minimum atomic E-state index is -0.464. The van der Waals surface area contributed by atoms with Gasteiger partial charge < -0.3 is 15.4 Å². The smallest absolute Gasteiger partial charge is 0.315 e. The minimum Gasteiger partial charge on any atom is -0.468 e. The number of benzene rings is 3. The number of anilines is 1. The number of nitrogens with one attached hydrogen (secondary N) is 2. The first kappa shape index (κ1) is 24.3. The molecule has 6 nitrogen and oxygen atoms in total. The summed E-state index contributed by atoms with van der Waals surface area (Å²) in [6.07, 6.45) is 1.61. The third-order valence-electron chi connectivity index (χ3n) is 4.39. The van der Waals surface area contributed by atoms with Gasteiger partial charge in [-0.25, -0.2) is 0 Å². The fourth-order valence-corrected chi connectivity index (χ4v) is 3.89. The van der Waals surface area contributed by atoms with Gasteiger partial charge in [0.05, 0.1) is 12.9 Å². The Bertz CT molecular complexity index is 1160. The average Bonchev–Trinajstić information content (AvgIpc) is 2.83. The van der Waals surface area contributed by atoms with E-state index in [0.717, 1.165) is 14.9 Å². The molecule has 0 aromatic heterocycles. The highest BCUT2D eigenvalue weighted by Crippen LogP contribution is 2.21. The number of methoxy groups -OCH3 is 1. The third kappa shape index (κ3) is 7.62. The topological polar surface area (TPSA) is 84.5 Å². The summed E-state index contributed by atoms with van der Waals surface area (Å²) in [6, 6.07) is 23.1. The lowest BCUT2D eigenvalue weighted by Crippen LogP contribution is -2.30. The van der Waals surface area contributed by atoms with E-state index in [9.17, 15) is 14.4 Å². The maximum Gasteiger partial charge on any atom is 0.315 e. The van der Waals surface area contributed by atoms with Crippen molar-refractivity contribution in [2.75, 3.05) is 18.2 Å². The predicted octanol–water partition coefficient (Wildman–Crippen LogP) is 5.12. The van der Waals surface area contributed by atoms with Gasteiger partial charge in [0.2, 0.25) is 0 Å². The molecule has 0 heterocycles. The van der Waals surface area contributed by atoms with Crippen LogP contribution in [0, 0.1) is 0 Å². The van der Waals surface area contributed by atoms with E-state index in [4.69, 9.17) is 0 Å². The number of carbonyl (C=O) groups is 3. The molecule has 0 aliphatic rings. The Morgan fingerprint density at radius 3 is 2.36 bits per heavy atom. The molecule has 3 rings (SSSR count). The molecule has 168 valence electrons. The maximum absolute atomic E-state index is 13.0. The fourth-order valence-electron chi connectivity index (χ4n) is 2.74. The predicted molar refractivity (Wildman–Crippen MR) is 134 cm³/mol. The molecule has 0 fully saturated rings. The van der Waals surface area contributed by atoms with Gasteiger partial charge in [-0.2, -0.15) is 0 Å². The number of amides is 2. The monoisotopic (exact) mass is 524 g/mol. The molecule has 0 bridgehead atoms. The lowest BCUT2D eigenvalue weighted by Gasteiger charge is -2.12. The molecule has 0 saturated carbocycles. The number of halogens is 1. The van der Waals surface area contributed by atoms with Crippen LogP contribution in [0.1, 0.15) is 15.9 Å². The summed E-state index contributed by atoms with van der Waals surface area (Å²) in [5.74, 6) is -0.961. The molecule has 0 atom stereocenters. The van der Waals surface area contributed by atoms with Gasteiger partial charge in [-0.1, -0.05) is 46.3 Å². The number of hydrogen-bond donors (Lipinski definition) is 2. The van der Waals surface area contributed by atoms with Crippen LogP contribution < -0.4 is 10.6 Å². The van der Waals surface area contributed by atoms with Crippen LogP contribution in [-0.4, -0.2) is 30.6 Å². The number of esters is 1. The lowest BCUT2D eigenvalue weighted by atomic mass is 10.1. The number of thioether (sulfide) groups is 1. The number of rotatable bonds is 8. The fraction of sp³-hybridized carbons (Fsp3) is 0.0800. The Kier molecular flexibility index (Phi) is 8.86. The molecule has 0 saturated heterocycles. The van der Waals surface area contributed by atoms with Crippen molar-refractivity contribution in [1.82, 2.24) is 5.32 Å². The molecular weight excluding hydrogens is 504 g/mol. The quantitative estimate of drug-likeness (QED) is 0.242. The summed E-state index contributed by atoms with van der Waals surface area (Å²) < 4.78 is 5.49. The van der Waals surface area contributed by atoms with Crippen molar-refractivity contribution in [3.63, 3.8) is 0 Å². The summed E-state index contributed by atoms with van der Waals surface area (Å²) >= 11 is 4.75. The molecule has 0 spiro atoms. The number of ether oxygens (including phenoxy) is 1. The number of hydrogen-bond acceptors (Lipinski definition) is 5. The summed E-state index contributed by atoms with van der Waals surface area (Å²) in [7, 11) is 1.34. The molecular formula is C25H21BrN2O4S. The zero-order valence-electron chi connectivity index (χ0n) is 17.7. The maximum atomic E-state index is 13.0. The van der Waals surface area contributed by atoms with Crippen LogP contribution in [0.5, 0.6) is 0 Å². The zero-order valence-corrected chi connectivity index (χ0v) is 20.1. The van der Waals surface area contributed by atoms with Crippen LogP contribution in [0.2, 0.25) is 0 Å². The van der Waals surface area contributed by atoms with Gasteiger partial charge in [0, 0.05) is 20.6 Å². The van der Waals surface area contributed by atoms with Crippen LogP contribution in [0.4, 0.5) is 5.69 Å². The van der Waals surface area contributed by atoms with E-state index in [0.29, 0.717) is 11.3 Å². The number of carbonyl (C=O) groups excluding carboxylic acids is 3. The molecule has 8 heteroatoms. The van der Waals surface area contributed by atoms with E-state index in [-0.39, 0.29) is 23.3 Å². The van der Waals surface area contributed by atoms with E-state index in [1.54, 1.807) is 54.6 Å². The van der Waals surface area contributed by atoms with Gasteiger partial charge >= 0.3 is 5.97 Å². The highest BCUT2D eigenvalue weighted by molar-refractivity contribution is 9.10. The Hall–Kier alpha value is -3.36. The van der Waals surface area contributed by atoms with Gasteiger partial charge in [-0.05, 0) is 60.2 Å². The molecule has 0 aliphatic heterocycles. The molecule has 0 radical (unpaired) electrons. The highest BCUT2D eigenvalue weighted by Gasteiger charge is 2.15. The standard InChI is InChI=1S/C25H21BrN2O4S/c1-32-23(29)16-33-21-12-10-20(11-13-21)27-25(31)22(15-17-6-5-9-19(26)14-17)28-24(30)18-7-3-2-4-8-18/h2-15H,16H2,1H3,(H,27,31)(H,28,30)/b22-15-. The second-order valence-corrected chi connectivity index (χ2v) is 8.74. The lowest BCUT2D eigenvalue weighted by molar-refractivity contribution is -0.137. The van der Waals surface area contributed by atoms with Crippen molar-refractivity contribution >= 4 is 57.2 Å². The first-order chi connectivity index (χ1) is 15.9. The molecule has 3 aromatic carbocycles. The summed E-state index contributed by atoms with van der Waals surface area (Å²) in [4.78, 5) is 37.9. The van der Waals surface area contributed by atoms with Crippen LogP contribution in [0.15, 0.2) is 93.9 Å². The molecule has 0 aliphatic carbocycles. The van der Waals surface area contributed by atoms with Gasteiger partial charge in [-0.15, -0.1) is 11.8 Å². The first-order valence-electron chi connectivity index (χ1n) is 9.89. The summed E-state index contributed by atoms with van der Waals surface area (Å²) in [5.41, 5.74) is 1.84. The molecule has 2 amide bonds. The highest BCUT2D eigenvalue weighted by atomic mass is 79.9. The third-order valence-corrected chi connectivity index (χ3v) is 5.86. The van der Waals surface area contributed by atoms with E-state index in [2.05, 4.69) is 31.3 Å². The van der Waals surface area contributed by atoms with Crippen molar-refractivity contribution in [2.45, 2.75) is 4.90 Å². The molecule has 0 unspecified atom stereocenters. The summed E-state index contributed by atoms with van der Waals surface area (Å²) in [6.45, 7) is 0. The summed E-state index contributed by atoms with van der Waals surface area (Å²) in [5, 5.41) is 5.51. The van der Waals surface area contributed by atoms with Gasteiger partial charge in [-0.3, -0.25) is 14.4 Å². The van der Waals surface area contributed by atoms with Crippen molar-refractivity contribution in [2.24, 2.45) is 0 Å². The van der Waals surface area contributed by atoms with Gasteiger partial charge in [0.1, 0.15) is 5.70 Å².